The molecule has 1 N–H and O–H groups in total. The number of nitrogens with one attached hydrogen (secondary N) is 1. The summed E-state index contributed by atoms with van der Waals surface area (Å²) in [5.41, 5.74) is 2.08. The Bertz CT molecular complexity index is 824. The number of hydrogen-bond acceptors (Lipinski definition) is 4. The zero-order chi connectivity index (χ0) is 19.5. The molecule has 2 rings (SSSR count). The van der Waals surface area contributed by atoms with E-state index in [-0.39, 0.29) is 12.5 Å². The molecule has 140 valence electrons. The summed E-state index contributed by atoms with van der Waals surface area (Å²) in [6.07, 6.45) is 4.27. The van der Waals surface area contributed by atoms with Crippen molar-refractivity contribution in [3.63, 3.8) is 0 Å². The van der Waals surface area contributed by atoms with Gasteiger partial charge in [0.05, 0.1) is 17.2 Å². The summed E-state index contributed by atoms with van der Waals surface area (Å²) in [6.45, 7) is 2.40. The van der Waals surface area contributed by atoms with Crippen LogP contribution in [-0.2, 0) is 9.53 Å². The first-order chi connectivity index (χ1) is 13.2. The summed E-state index contributed by atoms with van der Waals surface area (Å²) in [6, 6.07) is 16.1. The van der Waals surface area contributed by atoms with Crippen molar-refractivity contribution in [1.82, 2.24) is 5.32 Å². The Balaban J connectivity index is 2.00. The predicted octanol–water partition coefficient (Wildman–Crippen LogP) is 4.08. The molecular weight excluding hydrogens is 340 g/mol. The number of amides is 1. The van der Waals surface area contributed by atoms with E-state index in [9.17, 15) is 14.9 Å². The first-order valence-corrected chi connectivity index (χ1v) is 9.19. The van der Waals surface area contributed by atoms with Crippen molar-refractivity contribution in [3.05, 3.63) is 59.7 Å². The first-order valence-electron chi connectivity index (χ1n) is 9.19. The number of rotatable bonds is 9. The molecule has 2 aromatic carbocycles. The monoisotopic (exact) mass is 364 g/mol. The van der Waals surface area contributed by atoms with Crippen LogP contribution < -0.4 is 5.32 Å². The second kappa shape index (κ2) is 10.8. The SMILES string of the molecule is CCCCCCNC(=O)COC(=O)c1ccccc1-c1ccccc1C#N. The second-order valence-corrected chi connectivity index (χ2v) is 6.19. The lowest BCUT2D eigenvalue weighted by Crippen LogP contribution is -2.29. The Morgan fingerprint density at radius 3 is 2.44 bits per heavy atom. The Morgan fingerprint density at radius 2 is 1.70 bits per heavy atom. The van der Waals surface area contributed by atoms with Crippen molar-refractivity contribution < 1.29 is 14.3 Å². The minimum absolute atomic E-state index is 0.310. The fraction of sp³-hybridized carbons (Fsp3) is 0.318. The fourth-order valence-electron chi connectivity index (χ4n) is 2.75. The van der Waals surface area contributed by atoms with Gasteiger partial charge in [0.2, 0.25) is 0 Å². The van der Waals surface area contributed by atoms with E-state index in [0.29, 0.717) is 28.8 Å². The summed E-state index contributed by atoms with van der Waals surface area (Å²) in [5.74, 6) is -0.894. The van der Waals surface area contributed by atoms with E-state index in [2.05, 4.69) is 18.3 Å². The molecule has 0 saturated carbocycles. The molecule has 0 atom stereocenters. The molecule has 0 heterocycles. The highest BCUT2D eigenvalue weighted by atomic mass is 16.5. The molecule has 5 nitrogen and oxygen atoms in total. The molecule has 5 heteroatoms. The van der Waals surface area contributed by atoms with Crippen LogP contribution in [-0.4, -0.2) is 25.0 Å². The third kappa shape index (κ3) is 5.96. The normalized spacial score (nSPS) is 10.1. The van der Waals surface area contributed by atoms with Gasteiger partial charge in [0.25, 0.3) is 5.91 Å². The number of nitrogens with zero attached hydrogens (tertiary/aromatic N) is 1. The Kier molecular flexibility index (Phi) is 8.05. The van der Waals surface area contributed by atoms with Gasteiger partial charge in [-0.25, -0.2) is 4.79 Å². The molecule has 0 aromatic heterocycles. The van der Waals surface area contributed by atoms with Crippen LogP contribution in [0.25, 0.3) is 11.1 Å². The van der Waals surface area contributed by atoms with Crippen molar-refractivity contribution in [1.29, 1.82) is 5.26 Å². The maximum Gasteiger partial charge on any atom is 0.339 e. The standard InChI is InChI=1S/C22H24N2O3/c1-2-3-4-9-14-24-21(25)16-27-22(26)20-13-8-7-12-19(20)18-11-6-5-10-17(18)15-23/h5-8,10-13H,2-4,9,14,16H2,1H3,(H,24,25). The van der Waals surface area contributed by atoms with Gasteiger partial charge in [0.1, 0.15) is 0 Å². The second-order valence-electron chi connectivity index (χ2n) is 6.19. The van der Waals surface area contributed by atoms with Gasteiger partial charge in [0, 0.05) is 12.1 Å². The lowest BCUT2D eigenvalue weighted by atomic mass is 9.96. The van der Waals surface area contributed by atoms with Crippen LogP contribution in [0.4, 0.5) is 0 Å². The average Bonchev–Trinajstić information content (AvgIpc) is 2.71. The van der Waals surface area contributed by atoms with E-state index in [1.165, 1.54) is 0 Å². The van der Waals surface area contributed by atoms with Crippen LogP contribution in [0.3, 0.4) is 0 Å². The molecule has 0 saturated heterocycles. The van der Waals surface area contributed by atoms with Crippen molar-refractivity contribution in [2.75, 3.05) is 13.2 Å². The minimum atomic E-state index is -0.584. The summed E-state index contributed by atoms with van der Waals surface area (Å²) < 4.78 is 5.17. The van der Waals surface area contributed by atoms with E-state index in [0.717, 1.165) is 25.7 Å². The molecule has 0 bridgehead atoms. The molecule has 0 spiro atoms. The molecule has 0 radical (unpaired) electrons. The summed E-state index contributed by atoms with van der Waals surface area (Å²) in [5, 5.41) is 12.1. The van der Waals surface area contributed by atoms with Crippen LogP contribution in [0.1, 0.15) is 48.5 Å². The van der Waals surface area contributed by atoms with Gasteiger partial charge in [-0.15, -0.1) is 0 Å². The topological polar surface area (TPSA) is 79.2 Å². The lowest BCUT2D eigenvalue weighted by molar-refractivity contribution is -0.124. The van der Waals surface area contributed by atoms with Gasteiger partial charge in [-0.3, -0.25) is 4.79 Å². The average molecular weight is 364 g/mol. The van der Waals surface area contributed by atoms with E-state index < -0.39 is 5.97 Å². The Hall–Kier alpha value is -3.13. The number of carbonyl (C=O) groups is 2. The van der Waals surface area contributed by atoms with E-state index in [4.69, 9.17) is 4.74 Å². The zero-order valence-corrected chi connectivity index (χ0v) is 15.5. The van der Waals surface area contributed by atoms with Gasteiger partial charge in [0.15, 0.2) is 6.61 Å². The highest BCUT2D eigenvalue weighted by Crippen LogP contribution is 2.27. The van der Waals surface area contributed by atoms with Gasteiger partial charge < -0.3 is 10.1 Å². The van der Waals surface area contributed by atoms with Gasteiger partial charge >= 0.3 is 5.97 Å². The number of esters is 1. The number of hydrogen-bond donors (Lipinski definition) is 1. The highest BCUT2D eigenvalue weighted by molar-refractivity contribution is 5.98. The van der Waals surface area contributed by atoms with Crippen molar-refractivity contribution in [2.45, 2.75) is 32.6 Å². The van der Waals surface area contributed by atoms with Crippen molar-refractivity contribution >= 4 is 11.9 Å². The largest absolute Gasteiger partial charge is 0.452 e. The van der Waals surface area contributed by atoms with E-state index in [1.807, 2.05) is 6.07 Å². The third-order valence-electron chi connectivity index (χ3n) is 4.17. The molecule has 0 aliphatic carbocycles. The molecule has 0 aliphatic heterocycles. The summed E-state index contributed by atoms with van der Waals surface area (Å²) in [7, 11) is 0. The molecule has 0 fully saturated rings. The maximum absolute atomic E-state index is 12.5. The highest BCUT2D eigenvalue weighted by Gasteiger charge is 2.16. The molecule has 0 unspecified atom stereocenters. The van der Waals surface area contributed by atoms with Crippen LogP contribution in [0, 0.1) is 11.3 Å². The van der Waals surface area contributed by atoms with E-state index in [1.54, 1.807) is 42.5 Å². The van der Waals surface area contributed by atoms with Gasteiger partial charge in [-0.2, -0.15) is 5.26 Å². The summed E-state index contributed by atoms with van der Waals surface area (Å²) >= 11 is 0. The maximum atomic E-state index is 12.5. The number of ether oxygens (including phenoxy) is 1. The van der Waals surface area contributed by atoms with Crippen molar-refractivity contribution in [2.24, 2.45) is 0 Å². The fourth-order valence-corrected chi connectivity index (χ4v) is 2.75. The van der Waals surface area contributed by atoms with Crippen LogP contribution >= 0.6 is 0 Å². The molecular formula is C22H24N2O3. The molecule has 2 aromatic rings. The smallest absolute Gasteiger partial charge is 0.339 e. The third-order valence-corrected chi connectivity index (χ3v) is 4.17. The van der Waals surface area contributed by atoms with Crippen LogP contribution in [0.5, 0.6) is 0 Å². The first kappa shape index (κ1) is 20.2. The summed E-state index contributed by atoms with van der Waals surface area (Å²) in [4.78, 5) is 24.3. The number of benzene rings is 2. The van der Waals surface area contributed by atoms with Crippen LogP contribution in [0.15, 0.2) is 48.5 Å². The number of unbranched alkanes of at least 4 members (excludes halogenated alkanes) is 3. The minimum Gasteiger partial charge on any atom is -0.452 e. The molecule has 27 heavy (non-hydrogen) atoms. The number of nitriles is 1. The van der Waals surface area contributed by atoms with Crippen molar-refractivity contribution in [3.8, 4) is 17.2 Å². The quantitative estimate of drug-likeness (QED) is 0.537. The molecule has 0 aliphatic rings. The Morgan fingerprint density at radius 1 is 1.00 bits per heavy atom. The Labute approximate surface area is 160 Å². The van der Waals surface area contributed by atoms with Gasteiger partial charge in [-0.1, -0.05) is 62.6 Å². The van der Waals surface area contributed by atoms with Crippen LogP contribution in [0.2, 0.25) is 0 Å². The lowest BCUT2D eigenvalue weighted by Gasteiger charge is -2.11. The van der Waals surface area contributed by atoms with E-state index >= 15 is 0 Å². The molecule has 1 amide bonds. The number of carbonyl (C=O) groups excluding carboxylic acids is 2. The zero-order valence-electron chi connectivity index (χ0n) is 15.5. The predicted molar refractivity (Wildman–Crippen MR) is 104 cm³/mol. The van der Waals surface area contributed by atoms with Gasteiger partial charge in [-0.05, 0) is 24.1 Å².